The number of unbranched alkanes of at least 4 members (excludes halogenated alkanes) is 1. The van der Waals surface area contributed by atoms with Gasteiger partial charge in [0.25, 0.3) is 0 Å². The molecule has 3 N–H and O–H groups in total. The second-order valence-electron chi connectivity index (χ2n) is 7.70. The molecule has 0 saturated heterocycles. The molecule has 2 atom stereocenters. The first kappa shape index (κ1) is 23.9. The van der Waals surface area contributed by atoms with Gasteiger partial charge >= 0.3 is 12.0 Å². The summed E-state index contributed by atoms with van der Waals surface area (Å²) < 4.78 is 15.8. The van der Waals surface area contributed by atoms with E-state index < -0.39 is 24.1 Å². The van der Waals surface area contributed by atoms with Crippen molar-refractivity contribution in [1.82, 2.24) is 20.5 Å². The Morgan fingerprint density at radius 2 is 2.00 bits per heavy atom. The molecule has 11 nitrogen and oxygen atoms in total. The van der Waals surface area contributed by atoms with Crippen LogP contribution in [0.4, 0.5) is 4.79 Å². The number of hydrogen-bond acceptors (Lipinski definition) is 7. The largest absolute Gasteiger partial charge is 0.481 e. The average molecular weight is 460 g/mol. The topological polar surface area (TPSA) is 143 Å². The number of rotatable bonds is 11. The van der Waals surface area contributed by atoms with E-state index in [9.17, 15) is 19.5 Å². The normalized spacial score (nSPS) is 13.8. The quantitative estimate of drug-likeness (QED) is 0.464. The van der Waals surface area contributed by atoms with Gasteiger partial charge in [-0.15, -0.1) is 0 Å². The number of urea groups is 1. The van der Waals surface area contributed by atoms with E-state index in [1.165, 1.54) is 17.4 Å². The van der Waals surface area contributed by atoms with Crippen LogP contribution >= 0.6 is 0 Å². The van der Waals surface area contributed by atoms with E-state index in [-0.39, 0.29) is 25.7 Å². The third-order valence-corrected chi connectivity index (χ3v) is 5.16. The van der Waals surface area contributed by atoms with Gasteiger partial charge in [-0.3, -0.25) is 9.59 Å². The van der Waals surface area contributed by atoms with E-state index in [0.29, 0.717) is 29.4 Å². The third kappa shape index (κ3) is 6.61. The first-order valence-electron chi connectivity index (χ1n) is 10.7. The minimum absolute atomic E-state index is 0.0819. The number of likely N-dealkylation sites (N-methyl/N-ethyl adjacent to an activating group) is 1. The van der Waals surface area contributed by atoms with E-state index >= 15 is 0 Å². The Balaban J connectivity index is 1.68. The maximum Gasteiger partial charge on any atom is 0.315 e. The zero-order chi connectivity index (χ0) is 23.8. The Labute approximate surface area is 191 Å². The fraction of sp³-hybridized carbons (Fsp3) is 0.455. The third-order valence-electron chi connectivity index (χ3n) is 5.16. The fourth-order valence-corrected chi connectivity index (χ4v) is 3.46. The van der Waals surface area contributed by atoms with E-state index in [4.69, 9.17) is 13.9 Å². The summed E-state index contributed by atoms with van der Waals surface area (Å²) in [5, 5.41) is 14.7. The molecule has 178 valence electrons. The van der Waals surface area contributed by atoms with E-state index in [1.54, 1.807) is 25.2 Å². The summed E-state index contributed by atoms with van der Waals surface area (Å²) in [7, 11) is 1.60. The first-order chi connectivity index (χ1) is 15.9. The zero-order valence-corrected chi connectivity index (χ0v) is 18.6. The molecule has 0 bridgehead atoms. The van der Waals surface area contributed by atoms with Gasteiger partial charge < -0.3 is 34.5 Å². The van der Waals surface area contributed by atoms with Gasteiger partial charge in [0, 0.05) is 7.05 Å². The van der Waals surface area contributed by atoms with Crippen LogP contribution in [0.5, 0.6) is 11.5 Å². The predicted molar refractivity (Wildman–Crippen MR) is 116 cm³/mol. The summed E-state index contributed by atoms with van der Waals surface area (Å²) in [5.41, 5.74) is 0.550. The van der Waals surface area contributed by atoms with Crippen LogP contribution in [0.2, 0.25) is 0 Å². The maximum atomic E-state index is 13.0. The number of carbonyl (C=O) groups is 3. The number of fused-ring (bicyclic) bond motifs is 1. The lowest BCUT2D eigenvalue weighted by Crippen LogP contribution is -2.51. The molecule has 1 aliphatic rings. The molecule has 1 aromatic heterocycles. The highest BCUT2D eigenvalue weighted by molar-refractivity contribution is 5.87. The van der Waals surface area contributed by atoms with Crippen molar-refractivity contribution < 1.29 is 33.4 Å². The minimum Gasteiger partial charge on any atom is -0.481 e. The first-order valence-corrected chi connectivity index (χ1v) is 10.7. The standard InChI is InChI=1S/C22H28N4O7/c1-3-4-5-15(21(29)26(2)12-19-23-8-9-31-19)24-22(30)25-16(11-20(27)28)14-6-7-17-18(10-14)33-13-32-17/h6-10,15-16H,3-5,11-13H2,1-2H3,(H,27,28)(H2,24,25,30)/t15-,16-/m0/s1. The molecule has 33 heavy (non-hydrogen) atoms. The molecule has 2 aromatic rings. The van der Waals surface area contributed by atoms with E-state index in [0.717, 1.165) is 12.8 Å². The van der Waals surface area contributed by atoms with Crippen molar-refractivity contribution in [2.75, 3.05) is 13.8 Å². The lowest BCUT2D eigenvalue weighted by atomic mass is 10.0. The van der Waals surface area contributed by atoms with Crippen molar-refractivity contribution in [1.29, 1.82) is 0 Å². The molecule has 0 radical (unpaired) electrons. The fourth-order valence-electron chi connectivity index (χ4n) is 3.46. The van der Waals surface area contributed by atoms with Crippen LogP contribution in [0.1, 0.15) is 50.1 Å². The van der Waals surface area contributed by atoms with Crippen LogP contribution in [-0.2, 0) is 16.1 Å². The number of benzene rings is 1. The van der Waals surface area contributed by atoms with E-state index in [2.05, 4.69) is 15.6 Å². The van der Waals surface area contributed by atoms with Gasteiger partial charge in [-0.1, -0.05) is 25.8 Å². The number of oxazole rings is 1. The molecule has 0 aliphatic carbocycles. The summed E-state index contributed by atoms with van der Waals surface area (Å²) >= 11 is 0. The number of carboxylic acids is 1. The second-order valence-corrected chi connectivity index (χ2v) is 7.70. The van der Waals surface area contributed by atoms with Crippen molar-refractivity contribution in [2.45, 2.75) is 51.2 Å². The van der Waals surface area contributed by atoms with Crippen molar-refractivity contribution in [2.24, 2.45) is 0 Å². The second kappa shape index (κ2) is 11.2. The number of amides is 3. The van der Waals surface area contributed by atoms with Gasteiger partial charge in [-0.2, -0.15) is 0 Å². The number of ether oxygens (including phenoxy) is 2. The van der Waals surface area contributed by atoms with Crippen molar-refractivity contribution in [3.05, 3.63) is 42.1 Å². The minimum atomic E-state index is -1.08. The van der Waals surface area contributed by atoms with Gasteiger partial charge in [0.2, 0.25) is 18.6 Å². The average Bonchev–Trinajstić information content (AvgIpc) is 3.46. The molecule has 1 aliphatic heterocycles. The number of aromatic nitrogens is 1. The van der Waals surface area contributed by atoms with Gasteiger partial charge in [0.05, 0.1) is 25.2 Å². The zero-order valence-electron chi connectivity index (χ0n) is 18.6. The molecule has 3 amide bonds. The van der Waals surface area contributed by atoms with Crippen molar-refractivity contribution in [3.8, 4) is 11.5 Å². The molecule has 11 heteroatoms. The highest BCUT2D eigenvalue weighted by Gasteiger charge is 2.27. The Morgan fingerprint density at radius 3 is 2.70 bits per heavy atom. The molecule has 3 rings (SSSR count). The SMILES string of the molecule is CCCC[C@H](NC(=O)N[C@@H](CC(=O)O)c1ccc2c(c1)OCO2)C(=O)N(C)Cc1ncco1. The van der Waals surface area contributed by atoms with Gasteiger partial charge in [0.15, 0.2) is 11.5 Å². The van der Waals surface area contributed by atoms with Crippen LogP contribution in [0.25, 0.3) is 0 Å². The van der Waals surface area contributed by atoms with Crippen molar-refractivity contribution in [3.63, 3.8) is 0 Å². The van der Waals surface area contributed by atoms with Crippen LogP contribution in [0.15, 0.2) is 35.1 Å². The lowest BCUT2D eigenvalue weighted by molar-refractivity contribution is -0.137. The number of carboxylic acid groups (broad SMARTS) is 1. The molecular weight excluding hydrogens is 432 g/mol. The highest BCUT2D eigenvalue weighted by atomic mass is 16.7. The molecule has 2 heterocycles. The van der Waals surface area contributed by atoms with Gasteiger partial charge in [0.1, 0.15) is 12.3 Å². The Hall–Kier alpha value is -3.76. The van der Waals surface area contributed by atoms with Crippen LogP contribution in [0, 0.1) is 0 Å². The monoisotopic (exact) mass is 460 g/mol. The van der Waals surface area contributed by atoms with Crippen LogP contribution in [-0.4, -0.2) is 52.8 Å². The highest BCUT2D eigenvalue weighted by Crippen LogP contribution is 2.34. The summed E-state index contributed by atoms with van der Waals surface area (Å²) in [6, 6.07) is 2.72. The molecule has 1 aromatic carbocycles. The molecule has 0 saturated carbocycles. The summed E-state index contributed by atoms with van der Waals surface area (Å²) in [6.07, 6.45) is 4.58. The number of aliphatic carboxylic acids is 1. The summed E-state index contributed by atoms with van der Waals surface area (Å²) in [6.45, 7) is 2.23. The van der Waals surface area contributed by atoms with E-state index in [1.807, 2.05) is 6.92 Å². The number of hydrogen-bond donors (Lipinski definition) is 3. The number of nitrogens with zero attached hydrogens (tertiary/aromatic N) is 2. The van der Waals surface area contributed by atoms with Crippen LogP contribution < -0.4 is 20.1 Å². The molecule has 0 spiro atoms. The molecule has 0 fully saturated rings. The summed E-state index contributed by atoms with van der Waals surface area (Å²) in [5.74, 6) is 0.0386. The molecule has 0 unspecified atom stereocenters. The van der Waals surface area contributed by atoms with Gasteiger partial charge in [-0.25, -0.2) is 9.78 Å². The lowest BCUT2D eigenvalue weighted by Gasteiger charge is -2.25. The maximum absolute atomic E-state index is 13.0. The van der Waals surface area contributed by atoms with Crippen molar-refractivity contribution >= 4 is 17.9 Å². The molecular formula is C22H28N4O7. The summed E-state index contributed by atoms with van der Waals surface area (Å²) in [4.78, 5) is 42.6. The smallest absolute Gasteiger partial charge is 0.315 e. The number of nitrogens with one attached hydrogen (secondary N) is 2. The van der Waals surface area contributed by atoms with Gasteiger partial charge in [-0.05, 0) is 24.1 Å². The Bertz CT molecular complexity index is 964. The Morgan fingerprint density at radius 1 is 1.21 bits per heavy atom. The van der Waals surface area contributed by atoms with Crippen LogP contribution in [0.3, 0.4) is 0 Å². The predicted octanol–water partition coefficient (Wildman–Crippen LogP) is 2.44. The Kier molecular flexibility index (Phi) is 8.11. The number of carbonyl (C=O) groups excluding carboxylic acids is 2.